The SMILES string of the molecule is N#Cc1ccc(F)c(CNC(=O)NCc2ccccc2CO)c1. The smallest absolute Gasteiger partial charge is 0.315 e. The summed E-state index contributed by atoms with van der Waals surface area (Å²) >= 11 is 0. The van der Waals surface area contributed by atoms with E-state index in [1.54, 1.807) is 12.1 Å². The van der Waals surface area contributed by atoms with Crippen molar-refractivity contribution in [2.75, 3.05) is 0 Å². The molecule has 0 fully saturated rings. The molecule has 0 heterocycles. The lowest BCUT2D eigenvalue weighted by Gasteiger charge is -2.10. The first-order chi connectivity index (χ1) is 11.1. The van der Waals surface area contributed by atoms with Gasteiger partial charge in [0.1, 0.15) is 5.82 Å². The molecule has 0 saturated carbocycles. The Kier molecular flexibility index (Phi) is 5.67. The van der Waals surface area contributed by atoms with Crippen molar-refractivity contribution in [3.8, 4) is 6.07 Å². The number of hydrogen-bond acceptors (Lipinski definition) is 3. The van der Waals surface area contributed by atoms with Gasteiger partial charge in [-0.1, -0.05) is 24.3 Å². The van der Waals surface area contributed by atoms with Crippen molar-refractivity contribution in [1.82, 2.24) is 10.6 Å². The van der Waals surface area contributed by atoms with Crippen LogP contribution in [0.5, 0.6) is 0 Å². The van der Waals surface area contributed by atoms with Gasteiger partial charge in [0.15, 0.2) is 0 Å². The van der Waals surface area contributed by atoms with Gasteiger partial charge in [0.2, 0.25) is 0 Å². The van der Waals surface area contributed by atoms with Crippen molar-refractivity contribution in [2.45, 2.75) is 19.7 Å². The van der Waals surface area contributed by atoms with Crippen molar-refractivity contribution in [2.24, 2.45) is 0 Å². The van der Waals surface area contributed by atoms with E-state index in [4.69, 9.17) is 5.26 Å². The number of carbonyl (C=O) groups excluding carboxylic acids is 1. The van der Waals surface area contributed by atoms with Crippen LogP contribution in [0, 0.1) is 17.1 Å². The van der Waals surface area contributed by atoms with Crippen LogP contribution in [-0.2, 0) is 19.7 Å². The van der Waals surface area contributed by atoms with E-state index in [-0.39, 0.29) is 25.3 Å². The third-order valence-corrected chi connectivity index (χ3v) is 3.34. The van der Waals surface area contributed by atoms with Gasteiger partial charge in [0.05, 0.1) is 18.2 Å². The number of amides is 2. The number of hydrogen-bond donors (Lipinski definition) is 3. The molecule has 23 heavy (non-hydrogen) atoms. The highest BCUT2D eigenvalue weighted by Crippen LogP contribution is 2.10. The first-order valence-corrected chi connectivity index (χ1v) is 7.02. The maximum absolute atomic E-state index is 13.6. The highest BCUT2D eigenvalue weighted by molar-refractivity contribution is 5.73. The van der Waals surface area contributed by atoms with Gasteiger partial charge in [-0.05, 0) is 29.3 Å². The zero-order valence-corrected chi connectivity index (χ0v) is 12.3. The number of halogens is 1. The average Bonchev–Trinajstić information content (AvgIpc) is 2.59. The Morgan fingerprint density at radius 3 is 2.39 bits per heavy atom. The standard InChI is InChI=1S/C17H16FN3O2/c18-16-6-5-12(8-19)7-15(16)10-21-17(23)20-9-13-3-1-2-4-14(13)11-22/h1-7,22H,9-11H2,(H2,20,21,23). The highest BCUT2D eigenvalue weighted by Gasteiger charge is 2.07. The van der Waals surface area contributed by atoms with Crippen LogP contribution < -0.4 is 10.6 Å². The second-order valence-corrected chi connectivity index (χ2v) is 4.88. The van der Waals surface area contributed by atoms with E-state index in [1.807, 2.05) is 18.2 Å². The monoisotopic (exact) mass is 313 g/mol. The first-order valence-electron chi connectivity index (χ1n) is 7.02. The van der Waals surface area contributed by atoms with Gasteiger partial charge in [-0.15, -0.1) is 0 Å². The van der Waals surface area contributed by atoms with Crippen LogP contribution in [0.2, 0.25) is 0 Å². The molecule has 118 valence electrons. The van der Waals surface area contributed by atoms with Gasteiger partial charge in [-0.3, -0.25) is 0 Å². The lowest BCUT2D eigenvalue weighted by Crippen LogP contribution is -2.35. The Balaban J connectivity index is 1.90. The molecule has 2 aromatic rings. The predicted molar refractivity (Wildman–Crippen MR) is 82.6 cm³/mol. The second-order valence-electron chi connectivity index (χ2n) is 4.88. The van der Waals surface area contributed by atoms with E-state index in [2.05, 4.69) is 10.6 Å². The van der Waals surface area contributed by atoms with Crippen molar-refractivity contribution >= 4 is 6.03 Å². The van der Waals surface area contributed by atoms with Gasteiger partial charge in [-0.25, -0.2) is 9.18 Å². The second kappa shape index (κ2) is 7.92. The van der Waals surface area contributed by atoms with Crippen molar-refractivity contribution in [3.63, 3.8) is 0 Å². The van der Waals surface area contributed by atoms with E-state index in [9.17, 15) is 14.3 Å². The van der Waals surface area contributed by atoms with Crippen LogP contribution in [0.3, 0.4) is 0 Å². The topological polar surface area (TPSA) is 85.2 Å². The number of carbonyl (C=O) groups is 1. The van der Waals surface area contributed by atoms with Gasteiger partial charge in [0, 0.05) is 18.7 Å². The molecule has 0 aromatic heterocycles. The van der Waals surface area contributed by atoms with Crippen LogP contribution in [-0.4, -0.2) is 11.1 Å². The van der Waals surface area contributed by atoms with Gasteiger partial charge >= 0.3 is 6.03 Å². The molecule has 0 radical (unpaired) electrons. The molecule has 2 aromatic carbocycles. The normalized spacial score (nSPS) is 9.96. The minimum atomic E-state index is -0.477. The summed E-state index contributed by atoms with van der Waals surface area (Å²) in [4.78, 5) is 11.8. The minimum absolute atomic E-state index is 0.0190. The van der Waals surface area contributed by atoms with E-state index >= 15 is 0 Å². The fourth-order valence-electron chi connectivity index (χ4n) is 2.08. The number of nitrogens with one attached hydrogen (secondary N) is 2. The van der Waals surface area contributed by atoms with Gasteiger partial charge in [0.25, 0.3) is 0 Å². The van der Waals surface area contributed by atoms with Crippen LogP contribution >= 0.6 is 0 Å². The zero-order valence-electron chi connectivity index (χ0n) is 12.3. The number of nitriles is 1. The largest absolute Gasteiger partial charge is 0.392 e. The molecule has 0 atom stereocenters. The number of aliphatic hydroxyl groups excluding tert-OH is 1. The minimum Gasteiger partial charge on any atom is -0.392 e. The summed E-state index contributed by atoms with van der Waals surface area (Å²) in [6.45, 7) is 0.129. The summed E-state index contributed by atoms with van der Waals surface area (Å²) in [7, 11) is 0. The molecule has 6 heteroatoms. The van der Waals surface area contributed by atoms with E-state index in [1.165, 1.54) is 18.2 Å². The van der Waals surface area contributed by atoms with Crippen LogP contribution in [0.25, 0.3) is 0 Å². The van der Waals surface area contributed by atoms with Gasteiger partial charge < -0.3 is 15.7 Å². The Morgan fingerprint density at radius 2 is 1.74 bits per heavy atom. The molecule has 0 unspecified atom stereocenters. The first kappa shape index (κ1) is 16.5. The van der Waals surface area contributed by atoms with E-state index in [0.717, 1.165) is 11.1 Å². The molecule has 0 aliphatic rings. The summed E-state index contributed by atoms with van der Waals surface area (Å²) < 4.78 is 13.6. The highest BCUT2D eigenvalue weighted by atomic mass is 19.1. The van der Waals surface area contributed by atoms with E-state index < -0.39 is 11.8 Å². The molecule has 0 aliphatic heterocycles. The number of benzene rings is 2. The predicted octanol–water partition coefficient (Wildman–Crippen LogP) is 2.19. The molecule has 0 aliphatic carbocycles. The molecular formula is C17H16FN3O2. The molecular weight excluding hydrogens is 297 g/mol. The third kappa shape index (κ3) is 4.53. The summed E-state index contributed by atoms with van der Waals surface area (Å²) in [5.74, 6) is -0.477. The zero-order chi connectivity index (χ0) is 16.7. The third-order valence-electron chi connectivity index (χ3n) is 3.34. The molecule has 5 nitrogen and oxygen atoms in total. The fraction of sp³-hybridized carbons (Fsp3) is 0.176. The van der Waals surface area contributed by atoms with Crippen LogP contribution in [0.4, 0.5) is 9.18 Å². The van der Waals surface area contributed by atoms with E-state index in [0.29, 0.717) is 5.56 Å². The summed E-state index contributed by atoms with van der Waals surface area (Å²) in [5, 5.41) is 23.2. The summed E-state index contributed by atoms with van der Waals surface area (Å²) in [5.41, 5.74) is 2.12. The number of aliphatic hydroxyl groups is 1. The lowest BCUT2D eigenvalue weighted by molar-refractivity contribution is 0.239. The Hall–Kier alpha value is -2.91. The molecule has 2 rings (SSSR count). The van der Waals surface area contributed by atoms with Crippen molar-refractivity contribution < 1.29 is 14.3 Å². The molecule has 3 N–H and O–H groups in total. The molecule has 0 bridgehead atoms. The number of urea groups is 1. The Labute approximate surface area is 133 Å². The summed E-state index contributed by atoms with van der Waals surface area (Å²) in [6, 6.07) is 12.6. The lowest BCUT2D eigenvalue weighted by atomic mass is 10.1. The summed E-state index contributed by atoms with van der Waals surface area (Å²) in [6.07, 6.45) is 0. The number of nitrogens with zero attached hydrogens (tertiary/aromatic N) is 1. The molecule has 0 saturated heterocycles. The Morgan fingerprint density at radius 1 is 1.09 bits per heavy atom. The van der Waals surface area contributed by atoms with Gasteiger partial charge in [-0.2, -0.15) is 5.26 Å². The molecule has 2 amide bonds. The van der Waals surface area contributed by atoms with Crippen LogP contribution in [0.15, 0.2) is 42.5 Å². The van der Waals surface area contributed by atoms with Crippen molar-refractivity contribution in [3.05, 3.63) is 70.5 Å². The van der Waals surface area contributed by atoms with Crippen LogP contribution in [0.1, 0.15) is 22.3 Å². The fourth-order valence-corrected chi connectivity index (χ4v) is 2.08. The molecule has 0 spiro atoms. The quantitative estimate of drug-likeness (QED) is 0.791. The number of rotatable bonds is 5. The Bertz CT molecular complexity index is 741. The maximum atomic E-state index is 13.6. The average molecular weight is 313 g/mol. The maximum Gasteiger partial charge on any atom is 0.315 e. The van der Waals surface area contributed by atoms with Crippen molar-refractivity contribution in [1.29, 1.82) is 5.26 Å².